The average Bonchev–Trinajstić information content (AvgIpc) is 2.46. The molecule has 0 bridgehead atoms. The van der Waals surface area contributed by atoms with Gasteiger partial charge in [0.1, 0.15) is 0 Å². The molecule has 0 aliphatic carbocycles. The molecule has 2 heteroatoms. The van der Waals surface area contributed by atoms with E-state index in [-0.39, 0.29) is 0 Å². The molecule has 19 heavy (non-hydrogen) atoms. The zero-order chi connectivity index (χ0) is 13.9. The molecule has 0 amide bonds. The number of rotatable bonds is 10. The van der Waals surface area contributed by atoms with Crippen molar-refractivity contribution in [2.75, 3.05) is 6.26 Å². The molecule has 0 saturated carbocycles. The van der Waals surface area contributed by atoms with Crippen LogP contribution in [-0.2, 0) is 0 Å². The standard InChI is InChI=1S/C17H26OS/c1-3-4-5-6-7-8-9-10-17(18)15-11-13-16(19-2)14-12-15/h11-14H,3-10H2,1-2H3. The van der Waals surface area contributed by atoms with Crippen LogP contribution in [0.3, 0.4) is 0 Å². The Bertz CT molecular complexity index is 356. The minimum Gasteiger partial charge on any atom is -0.294 e. The van der Waals surface area contributed by atoms with Gasteiger partial charge < -0.3 is 0 Å². The third-order valence-electron chi connectivity index (χ3n) is 3.42. The summed E-state index contributed by atoms with van der Waals surface area (Å²) in [7, 11) is 0. The Labute approximate surface area is 122 Å². The van der Waals surface area contributed by atoms with E-state index in [1.54, 1.807) is 11.8 Å². The maximum Gasteiger partial charge on any atom is 0.162 e. The Hall–Kier alpha value is -0.760. The minimum atomic E-state index is 0.293. The van der Waals surface area contributed by atoms with Gasteiger partial charge in [-0.05, 0) is 24.8 Å². The molecule has 106 valence electrons. The molecule has 0 N–H and O–H groups in total. The van der Waals surface area contributed by atoms with Crippen molar-refractivity contribution in [3.8, 4) is 0 Å². The molecule has 0 spiro atoms. The van der Waals surface area contributed by atoms with E-state index in [2.05, 4.69) is 13.2 Å². The molecule has 1 aromatic rings. The van der Waals surface area contributed by atoms with Gasteiger partial charge in [-0.25, -0.2) is 0 Å². The Kier molecular flexibility index (Phi) is 8.64. The molecule has 1 nitrogen and oxygen atoms in total. The van der Waals surface area contributed by atoms with E-state index in [1.807, 2.05) is 24.3 Å². The summed E-state index contributed by atoms with van der Waals surface area (Å²) >= 11 is 1.71. The van der Waals surface area contributed by atoms with Crippen molar-refractivity contribution in [1.82, 2.24) is 0 Å². The largest absolute Gasteiger partial charge is 0.294 e. The van der Waals surface area contributed by atoms with Crippen LogP contribution in [-0.4, -0.2) is 12.0 Å². The van der Waals surface area contributed by atoms with E-state index in [0.29, 0.717) is 12.2 Å². The lowest BCUT2D eigenvalue weighted by molar-refractivity contribution is 0.0979. The van der Waals surface area contributed by atoms with E-state index in [4.69, 9.17) is 0 Å². The molecule has 0 aromatic heterocycles. The van der Waals surface area contributed by atoms with E-state index < -0.39 is 0 Å². The van der Waals surface area contributed by atoms with Gasteiger partial charge in [0.2, 0.25) is 0 Å². The molecule has 0 atom stereocenters. The third kappa shape index (κ3) is 6.81. The Morgan fingerprint density at radius 2 is 1.53 bits per heavy atom. The predicted molar refractivity (Wildman–Crippen MR) is 85.2 cm³/mol. The summed E-state index contributed by atoms with van der Waals surface area (Å²) in [4.78, 5) is 13.2. The number of carbonyl (C=O) groups is 1. The molecule has 0 radical (unpaired) electrons. The van der Waals surface area contributed by atoms with Crippen molar-refractivity contribution in [1.29, 1.82) is 0 Å². The van der Waals surface area contributed by atoms with Crippen LogP contribution in [0.25, 0.3) is 0 Å². The fourth-order valence-electron chi connectivity index (χ4n) is 2.16. The summed E-state index contributed by atoms with van der Waals surface area (Å²) in [6.07, 6.45) is 11.6. The average molecular weight is 278 g/mol. The first kappa shape index (κ1) is 16.3. The summed E-state index contributed by atoms with van der Waals surface area (Å²) in [5, 5.41) is 0. The second kappa shape index (κ2) is 10.1. The molecule has 0 heterocycles. The van der Waals surface area contributed by atoms with Gasteiger partial charge in [0, 0.05) is 16.9 Å². The maximum atomic E-state index is 12.0. The highest BCUT2D eigenvalue weighted by molar-refractivity contribution is 7.98. The molecule has 0 aliphatic heterocycles. The number of ketones is 1. The van der Waals surface area contributed by atoms with Crippen LogP contribution in [0.2, 0.25) is 0 Å². The zero-order valence-corrected chi connectivity index (χ0v) is 13.1. The first-order chi connectivity index (χ1) is 9.27. The van der Waals surface area contributed by atoms with E-state index in [0.717, 1.165) is 12.0 Å². The van der Waals surface area contributed by atoms with Gasteiger partial charge in [0.05, 0.1) is 0 Å². The number of benzene rings is 1. The maximum absolute atomic E-state index is 12.0. The highest BCUT2D eigenvalue weighted by atomic mass is 32.2. The van der Waals surface area contributed by atoms with Gasteiger partial charge >= 0.3 is 0 Å². The normalized spacial score (nSPS) is 10.6. The number of Topliss-reactive ketones (excluding diaryl/α,β-unsaturated/α-hetero) is 1. The van der Waals surface area contributed by atoms with Gasteiger partial charge in [0.15, 0.2) is 5.78 Å². The monoisotopic (exact) mass is 278 g/mol. The molecule has 0 fully saturated rings. The number of hydrogen-bond donors (Lipinski definition) is 0. The SMILES string of the molecule is CCCCCCCCCC(=O)c1ccc(SC)cc1. The first-order valence-electron chi connectivity index (χ1n) is 7.45. The van der Waals surface area contributed by atoms with Crippen molar-refractivity contribution in [2.45, 2.75) is 63.2 Å². The number of carbonyl (C=O) groups excluding carboxylic acids is 1. The van der Waals surface area contributed by atoms with Gasteiger partial charge in [-0.1, -0.05) is 57.6 Å². The predicted octanol–water partition coefficient (Wildman–Crippen LogP) is 5.73. The van der Waals surface area contributed by atoms with Crippen LogP contribution < -0.4 is 0 Å². The van der Waals surface area contributed by atoms with Gasteiger partial charge in [-0.2, -0.15) is 0 Å². The number of unbranched alkanes of at least 4 members (excludes halogenated alkanes) is 6. The summed E-state index contributed by atoms with van der Waals surface area (Å²) in [6, 6.07) is 7.97. The fraction of sp³-hybridized carbons (Fsp3) is 0.588. The van der Waals surface area contributed by atoms with Gasteiger partial charge in [0.25, 0.3) is 0 Å². The highest BCUT2D eigenvalue weighted by Crippen LogP contribution is 2.17. The molecule has 1 rings (SSSR count). The summed E-state index contributed by atoms with van der Waals surface area (Å²) < 4.78 is 0. The summed E-state index contributed by atoms with van der Waals surface area (Å²) in [6.45, 7) is 2.24. The summed E-state index contributed by atoms with van der Waals surface area (Å²) in [5.74, 6) is 0.293. The van der Waals surface area contributed by atoms with Crippen molar-refractivity contribution in [3.63, 3.8) is 0 Å². The Morgan fingerprint density at radius 1 is 0.947 bits per heavy atom. The minimum absolute atomic E-state index is 0.293. The molecule has 0 saturated heterocycles. The van der Waals surface area contributed by atoms with Gasteiger partial charge in [-0.15, -0.1) is 11.8 Å². The van der Waals surface area contributed by atoms with Crippen LogP contribution in [0.4, 0.5) is 0 Å². The number of hydrogen-bond acceptors (Lipinski definition) is 2. The molecular formula is C17H26OS. The van der Waals surface area contributed by atoms with Crippen LogP contribution in [0.15, 0.2) is 29.2 Å². The molecular weight excluding hydrogens is 252 g/mol. The lowest BCUT2D eigenvalue weighted by atomic mass is 10.0. The van der Waals surface area contributed by atoms with E-state index in [1.165, 1.54) is 43.4 Å². The molecule has 1 aromatic carbocycles. The van der Waals surface area contributed by atoms with Crippen LogP contribution >= 0.6 is 11.8 Å². The van der Waals surface area contributed by atoms with Crippen molar-refractivity contribution in [2.24, 2.45) is 0 Å². The lowest BCUT2D eigenvalue weighted by Crippen LogP contribution is -1.98. The molecule has 0 unspecified atom stereocenters. The van der Waals surface area contributed by atoms with Crippen LogP contribution in [0.1, 0.15) is 68.6 Å². The topological polar surface area (TPSA) is 17.1 Å². The third-order valence-corrected chi connectivity index (χ3v) is 4.16. The van der Waals surface area contributed by atoms with Crippen molar-refractivity contribution < 1.29 is 4.79 Å². The lowest BCUT2D eigenvalue weighted by Gasteiger charge is -2.03. The van der Waals surface area contributed by atoms with Crippen molar-refractivity contribution >= 4 is 17.5 Å². The Morgan fingerprint density at radius 3 is 2.11 bits per heavy atom. The Balaban J connectivity index is 2.16. The van der Waals surface area contributed by atoms with Crippen molar-refractivity contribution in [3.05, 3.63) is 29.8 Å². The second-order valence-electron chi connectivity index (χ2n) is 5.02. The van der Waals surface area contributed by atoms with E-state index in [9.17, 15) is 4.79 Å². The zero-order valence-electron chi connectivity index (χ0n) is 12.3. The smallest absolute Gasteiger partial charge is 0.162 e. The quantitative estimate of drug-likeness (QED) is 0.309. The number of thioether (sulfide) groups is 1. The molecule has 0 aliphatic rings. The van der Waals surface area contributed by atoms with E-state index >= 15 is 0 Å². The van der Waals surface area contributed by atoms with Crippen LogP contribution in [0.5, 0.6) is 0 Å². The second-order valence-corrected chi connectivity index (χ2v) is 5.90. The first-order valence-corrected chi connectivity index (χ1v) is 8.67. The highest BCUT2D eigenvalue weighted by Gasteiger charge is 2.05. The van der Waals surface area contributed by atoms with Crippen LogP contribution in [0, 0.1) is 0 Å². The fourth-order valence-corrected chi connectivity index (χ4v) is 2.57. The summed E-state index contributed by atoms with van der Waals surface area (Å²) in [5.41, 5.74) is 0.865. The van der Waals surface area contributed by atoms with Gasteiger partial charge in [-0.3, -0.25) is 4.79 Å².